The van der Waals surface area contributed by atoms with Crippen molar-refractivity contribution in [2.24, 2.45) is 0 Å². The van der Waals surface area contributed by atoms with Gasteiger partial charge in [-0.3, -0.25) is 4.98 Å². The van der Waals surface area contributed by atoms with E-state index >= 15 is 0 Å². The lowest BCUT2D eigenvalue weighted by Gasteiger charge is -2.07. The Hall–Kier alpha value is -2.08. The van der Waals surface area contributed by atoms with Crippen LogP contribution in [0.3, 0.4) is 0 Å². The number of fused-ring (bicyclic) bond motifs is 1. The van der Waals surface area contributed by atoms with Crippen molar-refractivity contribution in [3.8, 4) is 18.1 Å². The molecule has 0 aliphatic heterocycles. The van der Waals surface area contributed by atoms with Crippen molar-refractivity contribution in [3.63, 3.8) is 0 Å². The number of terminal acetylenes is 1. The summed E-state index contributed by atoms with van der Waals surface area (Å²) in [6.45, 7) is 5.92. The molecule has 0 saturated heterocycles. The second-order valence-electron chi connectivity index (χ2n) is 3.48. The van der Waals surface area contributed by atoms with Crippen LogP contribution in [-0.2, 0) is 6.42 Å². The SMILES string of the molecule is C#Cc1c(F)cnc2cc(O)cc(CC)c12.CC. The first-order valence-corrected chi connectivity index (χ1v) is 5.94. The maximum absolute atomic E-state index is 13.5. The predicted octanol–water partition coefficient (Wildman–Crippen LogP) is 3.65. The molecule has 0 aliphatic rings. The van der Waals surface area contributed by atoms with Gasteiger partial charge in [-0.05, 0) is 18.1 Å². The minimum Gasteiger partial charge on any atom is -0.508 e. The van der Waals surface area contributed by atoms with Gasteiger partial charge in [0.2, 0.25) is 0 Å². The maximum atomic E-state index is 13.5. The number of nitrogens with zero attached hydrogens (tertiary/aromatic N) is 1. The van der Waals surface area contributed by atoms with Crippen LogP contribution in [0.4, 0.5) is 4.39 Å². The molecule has 0 saturated carbocycles. The van der Waals surface area contributed by atoms with Crippen LogP contribution < -0.4 is 0 Å². The topological polar surface area (TPSA) is 33.1 Å². The zero-order chi connectivity index (χ0) is 13.7. The summed E-state index contributed by atoms with van der Waals surface area (Å²) in [6, 6.07) is 3.07. The van der Waals surface area contributed by atoms with Gasteiger partial charge >= 0.3 is 0 Å². The van der Waals surface area contributed by atoms with Gasteiger partial charge in [0.1, 0.15) is 5.75 Å². The van der Waals surface area contributed by atoms with Crippen LogP contribution in [0.2, 0.25) is 0 Å². The molecular weight excluding hydrogens is 229 g/mol. The largest absolute Gasteiger partial charge is 0.508 e. The summed E-state index contributed by atoms with van der Waals surface area (Å²) in [5, 5.41) is 10.1. The molecule has 3 heteroatoms. The Bertz CT molecular complexity index is 599. The van der Waals surface area contributed by atoms with Gasteiger partial charge in [0.05, 0.1) is 17.3 Å². The summed E-state index contributed by atoms with van der Waals surface area (Å²) >= 11 is 0. The Morgan fingerprint density at radius 2 is 2.06 bits per heavy atom. The summed E-state index contributed by atoms with van der Waals surface area (Å²) in [7, 11) is 0. The molecule has 2 nitrogen and oxygen atoms in total. The smallest absolute Gasteiger partial charge is 0.157 e. The number of pyridine rings is 1. The lowest BCUT2D eigenvalue weighted by Crippen LogP contribution is -1.94. The number of hydrogen-bond acceptors (Lipinski definition) is 2. The van der Waals surface area contributed by atoms with Crippen LogP contribution in [-0.4, -0.2) is 10.1 Å². The number of phenols is 1. The van der Waals surface area contributed by atoms with Gasteiger partial charge in [-0.15, -0.1) is 6.42 Å². The molecule has 0 amide bonds. The molecule has 0 atom stereocenters. The first-order valence-electron chi connectivity index (χ1n) is 5.94. The average molecular weight is 245 g/mol. The van der Waals surface area contributed by atoms with E-state index < -0.39 is 5.82 Å². The minimum atomic E-state index is -0.504. The molecule has 2 aromatic rings. The molecule has 1 N–H and O–H groups in total. The van der Waals surface area contributed by atoms with Crippen molar-refractivity contribution in [2.45, 2.75) is 27.2 Å². The normalized spacial score (nSPS) is 9.50. The zero-order valence-corrected chi connectivity index (χ0v) is 10.8. The number of phenolic OH excluding ortho intramolecular Hbond substituents is 1. The molecular formula is C15H16FNO. The maximum Gasteiger partial charge on any atom is 0.157 e. The predicted molar refractivity (Wildman–Crippen MR) is 72.0 cm³/mol. The monoisotopic (exact) mass is 245 g/mol. The molecule has 94 valence electrons. The molecule has 18 heavy (non-hydrogen) atoms. The number of hydrogen-bond donors (Lipinski definition) is 1. The number of benzene rings is 1. The van der Waals surface area contributed by atoms with Crippen molar-refractivity contribution in [2.75, 3.05) is 0 Å². The van der Waals surface area contributed by atoms with Gasteiger partial charge in [-0.1, -0.05) is 26.7 Å². The summed E-state index contributed by atoms with van der Waals surface area (Å²) < 4.78 is 13.5. The van der Waals surface area contributed by atoms with Crippen LogP contribution >= 0.6 is 0 Å². The third-order valence-electron chi connectivity index (χ3n) is 2.52. The lowest BCUT2D eigenvalue weighted by atomic mass is 10.0. The highest BCUT2D eigenvalue weighted by molar-refractivity contribution is 5.89. The van der Waals surface area contributed by atoms with E-state index in [1.54, 1.807) is 6.07 Å². The van der Waals surface area contributed by atoms with Crippen LogP contribution in [0, 0.1) is 18.2 Å². The average Bonchev–Trinajstić information content (AvgIpc) is 2.40. The molecule has 0 radical (unpaired) electrons. The third kappa shape index (κ3) is 2.43. The quantitative estimate of drug-likeness (QED) is 0.778. The Kier molecular flexibility index (Phi) is 4.67. The minimum absolute atomic E-state index is 0.117. The van der Waals surface area contributed by atoms with E-state index in [2.05, 4.69) is 10.9 Å². The molecule has 0 bridgehead atoms. The van der Waals surface area contributed by atoms with Crippen molar-refractivity contribution >= 4 is 10.9 Å². The highest BCUT2D eigenvalue weighted by atomic mass is 19.1. The Labute approximate surface area is 106 Å². The molecule has 1 aromatic carbocycles. The van der Waals surface area contributed by atoms with E-state index in [1.807, 2.05) is 20.8 Å². The van der Waals surface area contributed by atoms with Crippen LogP contribution in [0.5, 0.6) is 5.75 Å². The number of halogens is 1. The van der Waals surface area contributed by atoms with E-state index in [0.717, 1.165) is 11.8 Å². The molecule has 0 unspecified atom stereocenters. The second-order valence-corrected chi connectivity index (χ2v) is 3.48. The summed E-state index contributed by atoms with van der Waals surface area (Å²) in [5.41, 5.74) is 1.53. The summed E-state index contributed by atoms with van der Waals surface area (Å²) in [5.74, 6) is 1.95. The fourth-order valence-electron chi connectivity index (χ4n) is 1.79. The molecule has 2 rings (SSSR count). The van der Waals surface area contributed by atoms with Crippen LogP contribution in [0.25, 0.3) is 10.9 Å². The summed E-state index contributed by atoms with van der Waals surface area (Å²) in [4.78, 5) is 3.93. The zero-order valence-electron chi connectivity index (χ0n) is 10.8. The van der Waals surface area contributed by atoms with Gasteiger partial charge in [-0.25, -0.2) is 4.39 Å². The Balaban J connectivity index is 0.000000771. The highest BCUT2D eigenvalue weighted by Crippen LogP contribution is 2.27. The molecule has 0 aliphatic carbocycles. The first-order chi connectivity index (χ1) is 8.67. The number of rotatable bonds is 1. The van der Waals surface area contributed by atoms with Crippen LogP contribution in [0.1, 0.15) is 31.9 Å². The molecule has 0 spiro atoms. The van der Waals surface area contributed by atoms with E-state index in [9.17, 15) is 9.50 Å². The molecule has 0 fully saturated rings. The highest BCUT2D eigenvalue weighted by Gasteiger charge is 2.11. The lowest BCUT2D eigenvalue weighted by molar-refractivity contribution is 0.475. The standard InChI is InChI=1S/C13H10FNO.C2H6/c1-3-8-5-9(16)6-12-13(8)10(4-2)11(14)7-15-12;1-2/h2,5-7,16H,3H2,1H3;1-2H3. The van der Waals surface area contributed by atoms with Crippen LogP contribution in [0.15, 0.2) is 18.3 Å². The fourth-order valence-corrected chi connectivity index (χ4v) is 1.79. The molecule has 1 aromatic heterocycles. The number of aryl methyl sites for hydroxylation is 1. The second kappa shape index (κ2) is 6.02. The Morgan fingerprint density at radius 1 is 1.39 bits per heavy atom. The van der Waals surface area contributed by atoms with E-state index in [1.165, 1.54) is 6.07 Å². The first kappa shape index (κ1) is 14.0. The van der Waals surface area contributed by atoms with E-state index in [-0.39, 0.29) is 11.3 Å². The van der Waals surface area contributed by atoms with E-state index in [4.69, 9.17) is 6.42 Å². The molecule has 1 heterocycles. The van der Waals surface area contributed by atoms with Crippen molar-refractivity contribution in [1.82, 2.24) is 4.98 Å². The van der Waals surface area contributed by atoms with Crippen molar-refractivity contribution in [1.29, 1.82) is 0 Å². The van der Waals surface area contributed by atoms with Gasteiger partial charge in [0.15, 0.2) is 5.82 Å². The van der Waals surface area contributed by atoms with Gasteiger partial charge in [0.25, 0.3) is 0 Å². The van der Waals surface area contributed by atoms with Crippen molar-refractivity contribution in [3.05, 3.63) is 35.3 Å². The van der Waals surface area contributed by atoms with E-state index in [0.29, 0.717) is 17.3 Å². The van der Waals surface area contributed by atoms with Gasteiger partial charge in [-0.2, -0.15) is 0 Å². The number of aromatic hydroxyl groups is 1. The Morgan fingerprint density at radius 3 is 2.61 bits per heavy atom. The van der Waals surface area contributed by atoms with Crippen molar-refractivity contribution < 1.29 is 9.50 Å². The fraction of sp³-hybridized carbons (Fsp3) is 0.267. The van der Waals surface area contributed by atoms with Gasteiger partial charge < -0.3 is 5.11 Å². The van der Waals surface area contributed by atoms with Gasteiger partial charge in [0, 0.05) is 11.5 Å². The third-order valence-corrected chi connectivity index (χ3v) is 2.52. The number of aromatic nitrogens is 1. The summed E-state index contributed by atoms with van der Waals surface area (Å²) in [6.07, 6.45) is 7.04.